The van der Waals surface area contributed by atoms with E-state index >= 15 is 0 Å². The van der Waals surface area contributed by atoms with Gasteiger partial charge in [-0.25, -0.2) is 14.2 Å². The highest BCUT2D eigenvalue weighted by molar-refractivity contribution is 5.67. The van der Waals surface area contributed by atoms with E-state index in [2.05, 4.69) is 66.7 Å². The van der Waals surface area contributed by atoms with Crippen LogP contribution in [-0.2, 0) is 0 Å². The highest BCUT2D eigenvalue weighted by atomic mass is 16.3. The van der Waals surface area contributed by atoms with E-state index in [9.17, 15) is 10.4 Å². The molecule has 5 N–H and O–H groups in total. The summed E-state index contributed by atoms with van der Waals surface area (Å²) in [4.78, 5) is 15.9. The highest BCUT2D eigenvalue weighted by Gasteiger charge is 2.22. The van der Waals surface area contributed by atoms with Gasteiger partial charge in [0, 0.05) is 0 Å². The van der Waals surface area contributed by atoms with Gasteiger partial charge in [0.25, 0.3) is 17.6 Å². The van der Waals surface area contributed by atoms with Crippen molar-refractivity contribution in [2.24, 2.45) is 20.5 Å². The predicted octanol–water partition coefficient (Wildman–Crippen LogP) is 5.35. The van der Waals surface area contributed by atoms with Crippen LogP contribution in [0.15, 0.2) is 93.5 Å². The van der Waals surface area contributed by atoms with Crippen molar-refractivity contribution >= 4 is 40.3 Å². The molecule has 0 saturated heterocycles. The van der Waals surface area contributed by atoms with Crippen molar-refractivity contribution in [2.45, 2.75) is 13.8 Å². The largest absolute Gasteiger partial charge is 0.479 e. The number of anilines is 2. The quantitative estimate of drug-likeness (QED) is 0.136. The Bertz CT molecular complexity index is 2390. The molecule has 7 rings (SSSR count). The molecule has 20 heteroatoms. The second kappa shape index (κ2) is 12.8. The van der Waals surface area contributed by atoms with Crippen molar-refractivity contribution in [3.05, 3.63) is 101 Å². The van der Waals surface area contributed by atoms with Gasteiger partial charge in [0.05, 0.1) is 41.7 Å². The van der Waals surface area contributed by atoms with Crippen molar-refractivity contribution in [3.63, 3.8) is 0 Å². The minimum Gasteiger partial charge on any atom is -0.479 e. The predicted molar refractivity (Wildman–Crippen MR) is 180 cm³/mol. The first-order valence-electron chi connectivity index (χ1n) is 14.8. The molecular weight excluding hydrogens is 654 g/mol. The summed E-state index contributed by atoms with van der Waals surface area (Å²) >= 11 is 0. The number of aromatic hydroxyl groups is 1. The van der Waals surface area contributed by atoms with Crippen molar-refractivity contribution in [1.29, 1.82) is 5.26 Å². The summed E-state index contributed by atoms with van der Waals surface area (Å²) in [5.74, 6) is -0.0452. The van der Waals surface area contributed by atoms with Crippen molar-refractivity contribution < 1.29 is 5.11 Å². The van der Waals surface area contributed by atoms with Crippen molar-refractivity contribution in [2.75, 3.05) is 11.5 Å². The number of nitrogens with zero attached hydrogens (tertiary/aromatic N) is 17. The molecule has 0 radical (unpaired) electrons. The van der Waals surface area contributed by atoms with E-state index in [1.54, 1.807) is 13.8 Å². The number of nitrogen functional groups attached to an aromatic ring is 2. The maximum Gasteiger partial charge on any atom is 0.320 e. The lowest BCUT2D eigenvalue weighted by Gasteiger charge is -2.06. The van der Waals surface area contributed by atoms with Crippen LogP contribution < -0.4 is 11.5 Å². The minimum atomic E-state index is -0.680. The normalized spacial score (nSPS) is 11.4. The third kappa shape index (κ3) is 5.72. The molecule has 0 fully saturated rings. The molecule has 2 aromatic carbocycles. The van der Waals surface area contributed by atoms with Gasteiger partial charge >= 0.3 is 6.01 Å². The van der Waals surface area contributed by atoms with Crippen molar-refractivity contribution in [3.8, 4) is 35.4 Å². The lowest BCUT2D eigenvalue weighted by molar-refractivity contribution is 0.423. The number of para-hydroxylation sites is 2. The Labute approximate surface area is 287 Å². The first-order chi connectivity index (χ1) is 24.8. The van der Waals surface area contributed by atoms with E-state index < -0.39 is 6.01 Å². The van der Waals surface area contributed by atoms with Crippen LogP contribution in [0.4, 0.5) is 40.3 Å². The molecule has 0 bridgehead atoms. The molecule has 0 amide bonds. The third-order valence-electron chi connectivity index (χ3n) is 7.31. The summed E-state index contributed by atoms with van der Waals surface area (Å²) in [6.07, 6.45) is 2.78. The summed E-state index contributed by atoms with van der Waals surface area (Å²) in [5.41, 5.74) is 15.6. The van der Waals surface area contributed by atoms with Gasteiger partial charge in [-0.05, 0) is 38.1 Å². The van der Waals surface area contributed by atoms with Crippen LogP contribution in [-0.4, -0.2) is 59.2 Å². The van der Waals surface area contributed by atoms with E-state index in [4.69, 9.17) is 18.0 Å². The van der Waals surface area contributed by atoms with Crippen LogP contribution in [0.1, 0.15) is 17.0 Å². The van der Waals surface area contributed by atoms with E-state index in [-0.39, 0.29) is 57.8 Å². The third-order valence-corrected chi connectivity index (χ3v) is 7.31. The minimum absolute atomic E-state index is 0.0228. The molecule has 51 heavy (non-hydrogen) atoms. The molecule has 0 unspecified atom stereocenters. The number of benzene rings is 2. The van der Waals surface area contributed by atoms with Gasteiger partial charge in [0.1, 0.15) is 11.6 Å². The smallest absolute Gasteiger partial charge is 0.320 e. The second-order valence-electron chi connectivity index (χ2n) is 10.6. The number of aryl methyl sites for hydroxylation is 2. The molecular formula is C31H23N19O. The molecule has 248 valence electrons. The summed E-state index contributed by atoms with van der Waals surface area (Å²) in [6.45, 7) is 10.8. The fraction of sp³-hybridized carbons (Fsp3) is 0.0645. The summed E-state index contributed by atoms with van der Waals surface area (Å²) in [7, 11) is 0. The number of nitriles is 1. The number of hydrogen-bond donors (Lipinski definition) is 3. The molecule has 5 aromatic heterocycles. The first-order valence-corrected chi connectivity index (χ1v) is 14.8. The molecule has 7 aromatic rings. The van der Waals surface area contributed by atoms with Crippen LogP contribution in [0.2, 0.25) is 0 Å². The fourth-order valence-corrected chi connectivity index (χ4v) is 4.89. The summed E-state index contributed by atoms with van der Waals surface area (Å²) < 4.78 is 5.23. The number of hydrogen-bond acceptors (Lipinski definition) is 15. The van der Waals surface area contributed by atoms with Gasteiger partial charge in [0.15, 0.2) is 34.6 Å². The van der Waals surface area contributed by atoms with Gasteiger partial charge in [0.2, 0.25) is 0 Å². The van der Waals surface area contributed by atoms with E-state index in [1.165, 1.54) is 21.8 Å². The number of azo groups is 2. The number of aromatic nitrogens is 11. The fourth-order valence-electron chi connectivity index (χ4n) is 4.89. The van der Waals surface area contributed by atoms with Crippen LogP contribution in [0.3, 0.4) is 0 Å². The lowest BCUT2D eigenvalue weighted by Crippen LogP contribution is -2.13. The number of rotatable bonds is 8. The molecule has 20 nitrogen and oxygen atoms in total. The summed E-state index contributed by atoms with van der Waals surface area (Å²) in [6, 6.07) is 19.6. The zero-order chi connectivity index (χ0) is 35.6. The summed E-state index contributed by atoms with van der Waals surface area (Å²) in [5, 5.41) is 54.6. The molecule has 0 saturated carbocycles. The van der Waals surface area contributed by atoms with Crippen molar-refractivity contribution in [1.82, 2.24) is 54.1 Å². The zero-order valence-electron chi connectivity index (χ0n) is 26.6. The van der Waals surface area contributed by atoms with E-state index in [1.807, 2.05) is 60.7 Å². The molecule has 0 aliphatic carbocycles. The van der Waals surface area contributed by atoms with Crippen LogP contribution >= 0.6 is 0 Å². The Morgan fingerprint density at radius 3 is 1.71 bits per heavy atom. The van der Waals surface area contributed by atoms with Gasteiger partial charge in [-0.1, -0.05) is 36.4 Å². The van der Waals surface area contributed by atoms with Gasteiger partial charge < -0.3 is 16.6 Å². The average molecular weight is 678 g/mol. The standard InChI is InChI=1S/C31H23N19O/c1-17-23(41-43-27-19(14-32)15-36-47(27)20-10-6-4-7-11-20)25(33)49(45-17)29-38-30(40-31(51)39-29)50-26(34)24(18(2)46-50)42-44-28-22(35-3)16-37-48(28)21-12-8-5-9-13-21/h4-13,15-16H,33-34H2,1-2H3,(H,38,39,40,51). The Morgan fingerprint density at radius 1 is 0.706 bits per heavy atom. The zero-order valence-corrected chi connectivity index (χ0v) is 26.6. The molecule has 0 atom stereocenters. The Balaban J connectivity index is 1.22. The molecule has 0 aliphatic rings. The topological polar surface area (TPSA) is 260 Å². The van der Waals surface area contributed by atoms with Gasteiger partial charge in [-0.15, -0.1) is 20.5 Å². The Kier molecular flexibility index (Phi) is 7.91. The van der Waals surface area contributed by atoms with E-state index in [0.29, 0.717) is 22.8 Å². The van der Waals surface area contributed by atoms with Crippen LogP contribution in [0.5, 0.6) is 6.01 Å². The van der Waals surface area contributed by atoms with E-state index in [0.717, 1.165) is 9.36 Å². The van der Waals surface area contributed by atoms with Gasteiger partial charge in [-0.2, -0.15) is 50.0 Å². The molecule has 0 aliphatic heterocycles. The maximum absolute atomic E-state index is 10.5. The van der Waals surface area contributed by atoms with Gasteiger partial charge in [-0.3, -0.25) is 0 Å². The first kappa shape index (κ1) is 31.5. The van der Waals surface area contributed by atoms with Crippen LogP contribution in [0, 0.1) is 31.8 Å². The SMILES string of the molecule is [C-]#[N+]c1cnn(-c2ccccc2)c1N=Nc1c(C)nn(-c2nc(O)nc(-n3nc(C)c(N=Nc4c(C#N)cnn4-c4ccccc4)c3N)n2)c1N. The lowest BCUT2D eigenvalue weighted by atomic mass is 10.3. The molecule has 0 spiro atoms. The Hall–Kier alpha value is -8.13. The Morgan fingerprint density at radius 2 is 1.20 bits per heavy atom. The maximum atomic E-state index is 10.5. The number of nitrogens with two attached hydrogens (primary N) is 2. The molecule has 5 heterocycles. The van der Waals surface area contributed by atoms with Crippen LogP contribution in [0.25, 0.3) is 28.1 Å². The second-order valence-corrected chi connectivity index (χ2v) is 10.6. The highest BCUT2D eigenvalue weighted by Crippen LogP contribution is 2.35. The monoisotopic (exact) mass is 677 g/mol. The average Bonchev–Trinajstić information content (AvgIpc) is 3.90.